The summed E-state index contributed by atoms with van der Waals surface area (Å²) in [6.45, 7) is 12.6. The molecule has 1 N–H and O–H groups in total. The Hall–Kier alpha value is -1.10. The predicted octanol–water partition coefficient (Wildman–Crippen LogP) is 20.5. The predicted molar refractivity (Wildman–Crippen MR) is 295 cm³/mol. The molecular weight excluding hydrogens is 823 g/mol. The summed E-state index contributed by atoms with van der Waals surface area (Å²) >= 11 is 0. The number of unbranched alkanes of at least 4 members (excludes halogenated alkanes) is 38. The van der Waals surface area contributed by atoms with Crippen molar-refractivity contribution < 1.29 is 19.1 Å². The highest BCUT2D eigenvalue weighted by Crippen LogP contribution is 2.23. The Bertz CT molecular complexity index is 882. The molecular formula is C62H123NO4. The van der Waals surface area contributed by atoms with E-state index in [2.05, 4.69) is 33.0 Å². The molecule has 0 aliphatic carbocycles. The lowest BCUT2D eigenvalue weighted by molar-refractivity contribution is -0.146. The van der Waals surface area contributed by atoms with Crippen LogP contribution in [0.2, 0.25) is 0 Å². The van der Waals surface area contributed by atoms with E-state index in [4.69, 9.17) is 9.47 Å². The molecule has 2 atom stereocenters. The summed E-state index contributed by atoms with van der Waals surface area (Å²) in [6.07, 6.45) is 64.0. The Morgan fingerprint density at radius 2 is 0.493 bits per heavy atom. The fraction of sp³-hybridized carbons (Fsp3) is 0.968. The van der Waals surface area contributed by atoms with E-state index in [0.29, 0.717) is 37.9 Å². The quantitative estimate of drug-likeness (QED) is 0.0486. The molecule has 0 aliphatic heterocycles. The molecule has 0 bridgehead atoms. The third kappa shape index (κ3) is 54.1. The van der Waals surface area contributed by atoms with Crippen LogP contribution in [0.5, 0.6) is 0 Å². The monoisotopic (exact) mass is 946 g/mol. The zero-order valence-corrected chi connectivity index (χ0v) is 46.5. The minimum Gasteiger partial charge on any atom is -0.465 e. The standard InChI is InChI=1S/C62H123NO4/c1-5-9-13-17-21-25-27-31-35-43-51-59(49-41-33-29-23-19-15-11-7-3)57-66-61(64)53-45-37-39-47-55-63-56-48-40-38-46-54-62(65)67-58-60(50-42-34-30-24-20-16-12-8-4)52-44-36-32-28-26-22-18-14-10-6-2/h59-60,63H,5-58H2,1-4H3. The van der Waals surface area contributed by atoms with E-state index in [1.165, 1.54) is 283 Å². The van der Waals surface area contributed by atoms with Crippen molar-refractivity contribution in [2.75, 3.05) is 26.3 Å². The average Bonchev–Trinajstić information content (AvgIpc) is 3.33. The summed E-state index contributed by atoms with van der Waals surface area (Å²) in [6, 6.07) is 0. The molecule has 5 nitrogen and oxygen atoms in total. The van der Waals surface area contributed by atoms with Gasteiger partial charge in [0.1, 0.15) is 0 Å². The van der Waals surface area contributed by atoms with E-state index < -0.39 is 0 Å². The molecule has 0 radical (unpaired) electrons. The molecule has 0 saturated heterocycles. The Labute approximate surface area is 421 Å². The Balaban J connectivity index is 4.10. The van der Waals surface area contributed by atoms with Gasteiger partial charge in [-0.1, -0.05) is 285 Å². The fourth-order valence-corrected chi connectivity index (χ4v) is 10.0. The molecule has 0 aromatic heterocycles. The van der Waals surface area contributed by atoms with Crippen molar-refractivity contribution in [1.82, 2.24) is 5.32 Å². The zero-order chi connectivity index (χ0) is 48.6. The molecule has 0 amide bonds. The SMILES string of the molecule is CCCCCCCCCCCCC(CCCCCCCCCC)COC(=O)CCCCCCNCCCCCCC(=O)OCC(CCCCCCCCCC)CCCCCCCCCCCC. The van der Waals surface area contributed by atoms with Gasteiger partial charge in [0.05, 0.1) is 13.2 Å². The van der Waals surface area contributed by atoms with Gasteiger partial charge in [-0.15, -0.1) is 0 Å². The lowest BCUT2D eigenvalue weighted by Crippen LogP contribution is -2.17. The number of rotatable bonds is 58. The van der Waals surface area contributed by atoms with Gasteiger partial charge in [0, 0.05) is 12.8 Å². The van der Waals surface area contributed by atoms with E-state index in [1.54, 1.807) is 0 Å². The van der Waals surface area contributed by atoms with Crippen LogP contribution in [0.15, 0.2) is 0 Å². The number of carbonyl (C=O) groups is 2. The van der Waals surface area contributed by atoms with Crippen molar-refractivity contribution in [3.8, 4) is 0 Å². The van der Waals surface area contributed by atoms with Gasteiger partial charge in [-0.25, -0.2) is 0 Å². The molecule has 2 unspecified atom stereocenters. The van der Waals surface area contributed by atoms with Crippen molar-refractivity contribution in [3.05, 3.63) is 0 Å². The van der Waals surface area contributed by atoms with Crippen molar-refractivity contribution in [1.29, 1.82) is 0 Å². The molecule has 0 rings (SSSR count). The summed E-state index contributed by atoms with van der Waals surface area (Å²) in [5, 5.41) is 3.62. The molecule has 0 aromatic carbocycles. The molecule has 0 spiro atoms. The number of esters is 2. The van der Waals surface area contributed by atoms with E-state index >= 15 is 0 Å². The van der Waals surface area contributed by atoms with E-state index in [0.717, 1.165) is 38.8 Å². The molecule has 67 heavy (non-hydrogen) atoms. The second-order valence-electron chi connectivity index (χ2n) is 21.6. The van der Waals surface area contributed by atoms with Gasteiger partial charge in [0.15, 0.2) is 0 Å². The lowest BCUT2D eigenvalue weighted by Gasteiger charge is -2.17. The highest BCUT2D eigenvalue weighted by Gasteiger charge is 2.14. The van der Waals surface area contributed by atoms with Crippen molar-refractivity contribution >= 4 is 11.9 Å². The Morgan fingerprint density at radius 3 is 0.746 bits per heavy atom. The smallest absolute Gasteiger partial charge is 0.305 e. The molecule has 0 saturated carbocycles. The minimum atomic E-state index is 0.0215. The highest BCUT2D eigenvalue weighted by atomic mass is 16.5. The van der Waals surface area contributed by atoms with Crippen LogP contribution in [-0.4, -0.2) is 38.2 Å². The number of nitrogens with one attached hydrogen (secondary N) is 1. The van der Waals surface area contributed by atoms with Crippen molar-refractivity contribution in [2.45, 2.75) is 349 Å². The van der Waals surface area contributed by atoms with Crippen LogP contribution in [0, 0.1) is 11.8 Å². The van der Waals surface area contributed by atoms with Crippen LogP contribution in [0.4, 0.5) is 0 Å². The fourth-order valence-electron chi connectivity index (χ4n) is 10.0. The minimum absolute atomic E-state index is 0.0215. The first-order chi connectivity index (χ1) is 33.1. The van der Waals surface area contributed by atoms with Gasteiger partial charge in [-0.3, -0.25) is 9.59 Å². The summed E-state index contributed by atoms with van der Waals surface area (Å²) in [4.78, 5) is 25.4. The second kappa shape index (κ2) is 57.5. The molecule has 0 aromatic rings. The van der Waals surface area contributed by atoms with Gasteiger partial charge in [-0.2, -0.15) is 0 Å². The largest absolute Gasteiger partial charge is 0.465 e. The van der Waals surface area contributed by atoms with Crippen LogP contribution in [0.1, 0.15) is 349 Å². The second-order valence-corrected chi connectivity index (χ2v) is 21.6. The first-order valence-electron chi connectivity index (χ1n) is 31.1. The van der Waals surface area contributed by atoms with Crippen molar-refractivity contribution in [3.63, 3.8) is 0 Å². The average molecular weight is 947 g/mol. The van der Waals surface area contributed by atoms with Gasteiger partial charge < -0.3 is 14.8 Å². The molecule has 400 valence electrons. The zero-order valence-electron chi connectivity index (χ0n) is 46.5. The van der Waals surface area contributed by atoms with Gasteiger partial charge in [0.2, 0.25) is 0 Å². The topological polar surface area (TPSA) is 64.6 Å². The molecule has 0 heterocycles. The van der Waals surface area contributed by atoms with Crippen LogP contribution < -0.4 is 5.32 Å². The summed E-state index contributed by atoms with van der Waals surface area (Å²) in [7, 11) is 0. The molecule has 0 fully saturated rings. The van der Waals surface area contributed by atoms with E-state index in [1.807, 2.05) is 0 Å². The van der Waals surface area contributed by atoms with Crippen LogP contribution in [0.25, 0.3) is 0 Å². The van der Waals surface area contributed by atoms with E-state index in [9.17, 15) is 9.59 Å². The van der Waals surface area contributed by atoms with Crippen LogP contribution >= 0.6 is 0 Å². The number of carbonyl (C=O) groups excluding carboxylic acids is 2. The number of ether oxygens (including phenoxy) is 2. The normalized spacial score (nSPS) is 12.5. The van der Waals surface area contributed by atoms with E-state index in [-0.39, 0.29) is 11.9 Å². The van der Waals surface area contributed by atoms with Gasteiger partial charge >= 0.3 is 11.9 Å². The maximum atomic E-state index is 12.7. The molecule has 0 aliphatic rings. The number of hydrogen-bond donors (Lipinski definition) is 1. The summed E-state index contributed by atoms with van der Waals surface area (Å²) < 4.78 is 11.8. The third-order valence-corrected chi connectivity index (χ3v) is 14.8. The molecule has 5 heteroatoms. The van der Waals surface area contributed by atoms with Gasteiger partial charge in [0.25, 0.3) is 0 Å². The Morgan fingerprint density at radius 1 is 0.284 bits per heavy atom. The van der Waals surface area contributed by atoms with Crippen LogP contribution in [0.3, 0.4) is 0 Å². The third-order valence-electron chi connectivity index (χ3n) is 14.8. The van der Waals surface area contributed by atoms with Gasteiger partial charge in [-0.05, 0) is 76.3 Å². The lowest BCUT2D eigenvalue weighted by atomic mass is 9.94. The highest BCUT2D eigenvalue weighted by molar-refractivity contribution is 5.69. The Kier molecular flexibility index (Phi) is 56.5. The summed E-state index contributed by atoms with van der Waals surface area (Å²) in [5.41, 5.74) is 0. The maximum Gasteiger partial charge on any atom is 0.305 e. The number of hydrogen-bond acceptors (Lipinski definition) is 5. The first kappa shape index (κ1) is 65.9. The first-order valence-corrected chi connectivity index (χ1v) is 31.1. The maximum absolute atomic E-state index is 12.7. The summed E-state index contributed by atoms with van der Waals surface area (Å²) in [5.74, 6) is 1.13. The van der Waals surface area contributed by atoms with Crippen molar-refractivity contribution in [2.24, 2.45) is 11.8 Å². The van der Waals surface area contributed by atoms with Crippen LogP contribution in [-0.2, 0) is 19.1 Å².